The van der Waals surface area contributed by atoms with Gasteiger partial charge in [0.2, 0.25) is 5.13 Å². The van der Waals surface area contributed by atoms with Gasteiger partial charge in [-0.15, -0.1) is 10.2 Å². The summed E-state index contributed by atoms with van der Waals surface area (Å²) in [5.41, 5.74) is 2.97. The third kappa shape index (κ3) is 3.84. The van der Waals surface area contributed by atoms with Crippen LogP contribution in [0.1, 0.15) is 20.9 Å². The molecule has 1 aromatic heterocycles. The molecule has 3 heterocycles. The lowest BCUT2D eigenvalue weighted by molar-refractivity contribution is 0.0747. The van der Waals surface area contributed by atoms with Gasteiger partial charge in [-0.3, -0.25) is 4.79 Å². The van der Waals surface area contributed by atoms with E-state index in [4.69, 9.17) is 4.74 Å². The summed E-state index contributed by atoms with van der Waals surface area (Å²) in [6.07, 6.45) is 0. The Bertz CT molecular complexity index is 1350. The number of nitrogens with zero attached hydrogens (tertiary/aromatic N) is 5. The SMILES string of the molecule is Cc1nnc(N2CCN(C(=O)c3ccc(N4COc5ccc6ccccc6c5C4)cc3)CC2)s1. The number of benzene rings is 3. The van der Waals surface area contributed by atoms with Crippen LogP contribution in [0.2, 0.25) is 0 Å². The fourth-order valence-corrected chi connectivity index (χ4v) is 5.42. The van der Waals surface area contributed by atoms with Crippen molar-refractivity contribution in [2.75, 3.05) is 42.7 Å². The van der Waals surface area contributed by atoms with Gasteiger partial charge in [0.1, 0.15) is 10.8 Å². The van der Waals surface area contributed by atoms with Crippen LogP contribution in [0, 0.1) is 6.92 Å². The molecule has 0 unspecified atom stereocenters. The van der Waals surface area contributed by atoms with Gasteiger partial charge < -0.3 is 19.4 Å². The Kier molecular flexibility index (Phi) is 5.30. The summed E-state index contributed by atoms with van der Waals surface area (Å²) in [5.74, 6) is 1.02. The number of ether oxygens (including phenoxy) is 1. The smallest absolute Gasteiger partial charge is 0.253 e. The molecule has 3 aromatic carbocycles. The largest absolute Gasteiger partial charge is 0.473 e. The average molecular weight is 472 g/mol. The second-order valence-electron chi connectivity index (χ2n) is 8.66. The van der Waals surface area contributed by atoms with E-state index in [1.807, 2.05) is 36.1 Å². The zero-order valence-corrected chi connectivity index (χ0v) is 19.8. The van der Waals surface area contributed by atoms with Crippen LogP contribution in [0.5, 0.6) is 5.75 Å². The van der Waals surface area contributed by atoms with Gasteiger partial charge in [0.15, 0.2) is 6.73 Å². The zero-order chi connectivity index (χ0) is 23.1. The second-order valence-corrected chi connectivity index (χ2v) is 9.82. The van der Waals surface area contributed by atoms with Crippen molar-refractivity contribution in [3.8, 4) is 5.75 Å². The minimum absolute atomic E-state index is 0.0749. The van der Waals surface area contributed by atoms with Gasteiger partial charge in [-0.1, -0.05) is 41.7 Å². The average Bonchev–Trinajstić information content (AvgIpc) is 3.34. The van der Waals surface area contributed by atoms with Gasteiger partial charge in [0.25, 0.3) is 5.91 Å². The third-order valence-corrected chi connectivity index (χ3v) is 7.45. The molecule has 0 spiro atoms. The molecule has 0 aliphatic carbocycles. The van der Waals surface area contributed by atoms with Crippen LogP contribution in [0.4, 0.5) is 10.8 Å². The highest BCUT2D eigenvalue weighted by Crippen LogP contribution is 2.34. The number of carbonyl (C=O) groups excluding carboxylic acids is 1. The monoisotopic (exact) mass is 471 g/mol. The van der Waals surface area contributed by atoms with Gasteiger partial charge in [-0.25, -0.2) is 0 Å². The Hall–Kier alpha value is -3.65. The summed E-state index contributed by atoms with van der Waals surface area (Å²) in [4.78, 5) is 19.4. The van der Waals surface area contributed by atoms with Crippen molar-refractivity contribution in [1.82, 2.24) is 15.1 Å². The van der Waals surface area contributed by atoms with Crippen molar-refractivity contribution in [2.24, 2.45) is 0 Å². The first kappa shape index (κ1) is 20.9. The van der Waals surface area contributed by atoms with Crippen LogP contribution in [0.15, 0.2) is 60.7 Å². The molecule has 34 heavy (non-hydrogen) atoms. The topological polar surface area (TPSA) is 61.8 Å². The number of rotatable bonds is 3. The van der Waals surface area contributed by atoms with E-state index in [-0.39, 0.29) is 5.91 Å². The molecule has 6 rings (SSSR count). The minimum atomic E-state index is 0.0749. The Morgan fingerprint density at radius 1 is 0.912 bits per heavy atom. The highest BCUT2D eigenvalue weighted by Gasteiger charge is 2.25. The summed E-state index contributed by atoms with van der Waals surface area (Å²) in [6.45, 7) is 6.14. The molecule has 1 amide bonds. The minimum Gasteiger partial charge on any atom is -0.473 e. The number of piperazine rings is 1. The van der Waals surface area contributed by atoms with Crippen molar-refractivity contribution in [2.45, 2.75) is 13.5 Å². The van der Waals surface area contributed by atoms with Crippen LogP contribution in [0.25, 0.3) is 10.8 Å². The number of aryl methyl sites for hydroxylation is 1. The Morgan fingerprint density at radius 2 is 1.71 bits per heavy atom. The lowest BCUT2D eigenvalue weighted by Crippen LogP contribution is -2.48. The highest BCUT2D eigenvalue weighted by atomic mass is 32.1. The number of hydrogen-bond acceptors (Lipinski definition) is 7. The van der Waals surface area contributed by atoms with Crippen LogP contribution in [0.3, 0.4) is 0 Å². The summed E-state index contributed by atoms with van der Waals surface area (Å²) in [6, 6.07) is 20.5. The maximum atomic E-state index is 13.1. The van der Waals surface area contributed by atoms with Gasteiger partial charge >= 0.3 is 0 Å². The summed E-state index contributed by atoms with van der Waals surface area (Å²) >= 11 is 1.60. The molecule has 2 aliphatic heterocycles. The molecule has 0 saturated carbocycles. The predicted octanol–water partition coefficient (Wildman–Crippen LogP) is 4.32. The van der Waals surface area contributed by atoms with Crippen molar-refractivity contribution >= 4 is 38.8 Å². The van der Waals surface area contributed by atoms with E-state index in [0.29, 0.717) is 25.4 Å². The molecule has 0 N–H and O–H groups in total. The molecule has 1 saturated heterocycles. The molecule has 8 heteroatoms. The van der Waals surface area contributed by atoms with Crippen LogP contribution >= 0.6 is 11.3 Å². The van der Waals surface area contributed by atoms with Crippen molar-refractivity contribution < 1.29 is 9.53 Å². The van der Waals surface area contributed by atoms with E-state index in [1.165, 1.54) is 16.3 Å². The first-order chi connectivity index (χ1) is 16.7. The molecule has 7 nitrogen and oxygen atoms in total. The summed E-state index contributed by atoms with van der Waals surface area (Å²) < 4.78 is 6.06. The van der Waals surface area contributed by atoms with Gasteiger partial charge in [-0.2, -0.15) is 0 Å². The van der Waals surface area contributed by atoms with Crippen LogP contribution in [-0.4, -0.2) is 53.9 Å². The molecule has 172 valence electrons. The van der Waals surface area contributed by atoms with Gasteiger partial charge in [0.05, 0.1) is 6.54 Å². The quantitative estimate of drug-likeness (QED) is 0.444. The third-order valence-electron chi connectivity index (χ3n) is 6.55. The first-order valence-corrected chi connectivity index (χ1v) is 12.3. The molecule has 0 bridgehead atoms. The van der Waals surface area contributed by atoms with E-state index >= 15 is 0 Å². The Balaban J connectivity index is 1.13. The van der Waals surface area contributed by atoms with E-state index in [9.17, 15) is 4.79 Å². The van der Waals surface area contributed by atoms with E-state index < -0.39 is 0 Å². The predicted molar refractivity (Wildman–Crippen MR) is 135 cm³/mol. The normalized spacial score (nSPS) is 15.9. The Labute approximate surface area is 202 Å². The molecule has 4 aromatic rings. The molecular weight excluding hydrogens is 446 g/mol. The lowest BCUT2D eigenvalue weighted by atomic mass is 10.0. The van der Waals surface area contributed by atoms with E-state index in [0.717, 1.165) is 41.2 Å². The maximum Gasteiger partial charge on any atom is 0.253 e. The molecule has 1 fully saturated rings. The summed E-state index contributed by atoms with van der Waals surface area (Å²) in [5, 5.41) is 12.7. The van der Waals surface area contributed by atoms with Crippen LogP contribution in [-0.2, 0) is 6.54 Å². The molecule has 0 radical (unpaired) electrons. The highest BCUT2D eigenvalue weighted by molar-refractivity contribution is 7.15. The van der Waals surface area contributed by atoms with Gasteiger partial charge in [0, 0.05) is 43.0 Å². The second kappa shape index (κ2) is 8.61. The lowest BCUT2D eigenvalue weighted by Gasteiger charge is -2.34. The number of fused-ring (bicyclic) bond motifs is 3. The summed E-state index contributed by atoms with van der Waals surface area (Å²) in [7, 11) is 0. The maximum absolute atomic E-state index is 13.1. The van der Waals surface area contributed by atoms with Crippen LogP contribution < -0.4 is 14.5 Å². The first-order valence-electron chi connectivity index (χ1n) is 11.5. The van der Waals surface area contributed by atoms with E-state index in [1.54, 1.807) is 11.3 Å². The molecule has 0 atom stereocenters. The zero-order valence-electron chi connectivity index (χ0n) is 19.0. The standard InChI is InChI=1S/C26H25N5O2S/c1-18-27-28-26(34-18)30-14-12-29(13-15-30)25(32)20-6-9-21(10-7-20)31-16-23-22-5-3-2-4-19(22)8-11-24(23)33-17-31/h2-11H,12-17H2,1H3. The molecular formula is C26H25N5O2S. The van der Waals surface area contributed by atoms with Crippen molar-refractivity contribution in [3.63, 3.8) is 0 Å². The molecule has 2 aliphatic rings. The number of aromatic nitrogens is 2. The number of carbonyl (C=O) groups is 1. The fraction of sp³-hybridized carbons (Fsp3) is 0.269. The fourth-order valence-electron chi connectivity index (χ4n) is 4.68. The van der Waals surface area contributed by atoms with Crippen molar-refractivity contribution in [1.29, 1.82) is 0 Å². The van der Waals surface area contributed by atoms with E-state index in [2.05, 4.69) is 56.4 Å². The number of hydrogen-bond donors (Lipinski definition) is 0. The number of anilines is 2. The van der Waals surface area contributed by atoms with Gasteiger partial charge in [-0.05, 0) is 48.0 Å². The number of amides is 1. The van der Waals surface area contributed by atoms with Crippen molar-refractivity contribution in [3.05, 3.63) is 76.8 Å². The Morgan fingerprint density at radius 3 is 2.47 bits per heavy atom.